The quantitative estimate of drug-likeness (QED) is 0.751. The monoisotopic (exact) mass is 362 g/mol. The molecule has 1 N–H and O–H groups in total. The normalized spacial score (nSPS) is 10.6. The molecular weight excluding hydrogens is 352 g/mol. The minimum absolute atomic E-state index is 0.620. The van der Waals surface area contributed by atoms with Crippen LogP contribution in [-0.4, -0.2) is 14.5 Å². The van der Waals surface area contributed by atoms with Gasteiger partial charge in [0.25, 0.3) is 0 Å². The summed E-state index contributed by atoms with van der Waals surface area (Å²) in [6.07, 6.45) is 7.10. The molecule has 3 aromatic rings. The van der Waals surface area contributed by atoms with E-state index in [0.717, 1.165) is 21.5 Å². The fourth-order valence-electron chi connectivity index (χ4n) is 2.01. The van der Waals surface area contributed by atoms with Crippen molar-refractivity contribution in [2.45, 2.75) is 6.54 Å². The molecule has 6 heteroatoms. The highest BCUT2D eigenvalue weighted by molar-refractivity contribution is 9.10. The standard InChI is InChI=1S/C15H12BrClN4/c16-11-4-5-12(19-8-11)9-20-14-3-1-2-13(17)15(14)21-7-6-18-10-21/h1-8,10,20H,9H2. The fraction of sp³-hybridized carbons (Fsp3) is 0.0667. The molecule has 0 spiro atoms. The van der Waals surface area contributed by atoms with Crippen LogP contribution in [-0.2, 0) is 6.54 Å². The van der Waals surface area contributed by atoms with E-state index in [4.69, 9.17) is 11.6 Å². The van der Waals surface area contributed by atoms with Gasteiger partial charge in [0.2, 0.25) is 0 Å². The van der Waals surface area contributed by atoms with Crippen molar-refractivity contribution in [3.8, 4) is 5.69 Å². The van der Waals surface area contributed by atoms with Crippen LogP contribution in [0.2, 0.25) is 5.02 Å². The number of nitrogens with zero attached hydrogens (tertiary/aromatic N) is 3. The summed E-state index contributed by atoms with van der Waals surface area (Å²) < 4.78 is 2.85. The molecule has 0 saturated heterocycles. The van der Waals surface area contributed by atoms with E-state index in [1.807, 2.05) is 41.1 Å². The molecule has 1 aromatic carbocycles. The number of pyridine rings is 1. The van der Waals surface area contributed by atoms with Gasteiger partial charge in [-0.15, -0.1) is 0 Å². The Morgan fingerprint density at radius 3 is 2.86 bits per heavy atom. The van der Waals surface area contributed by atoms with Gasteiger partial charge in [-0.25, -0.2) is 4.98 Å². The van der Waals surface area contributed by atoms with Crippen LogP contribution in [0.15, 0.2) is 59.7 Å². The van der Waals surface area contributed by atoms with Gasteiger partial charge < -0.3 is 9.88 Å². The summed E-state index contributed by atoms with van der Waals surface area (Å²) >= 11 is 9.69. The molecular formula is C15H12BrClN4. The molecule has 2 heterocycles. The number of aromatic nitrogens is 3. The molecule has 3 rings (SSSR count). The molecule has 2 aromatic heterocycles. The van der Waals surface area contributed by atoms with Gasteiger partial charge >= 0.3 is 0 Å². The van der Waals surface area contributed by atoms with Gasteiger partial charge in [-0.2, -0.15) is 0 Å². The van der Waals surface area contributed by atoms with E-state index in [-0.39, 0.29) is 0 Å². The summed E-state index contributed by atoms with van der Waals surface area (Å²) in [7, 11) is 0. The highest BCUT2D eigenvalue weighted by atomic mass is 79.9. The Morgan fingerprint density at radius 1 is 1.24 bits per heavy atom. The fourth-order valence-corrected chi connectivity index (χ4v) is 2.52. The number of anilines is 1. The molecule has 0 radical (unpaired) electrons. The molecule has 4 nitrogen and oxygen atoms in total. The summed E-state index contributed by atoms with van der Waals surface area (Å²) in [5, 5.41) is 4.04. The molecule has 0 fully saturated rings. The second-order valence-electron chi connectivity index (χ2n) is 4.43. The highest BCUT2D eigenvalue weighted by Gasteiger charge is 2.08. The molecule has 0 aliphatic heterocycles. The molecule has 0 aliphatic rings. The number of rotatable bonds is 4. The zero-order chi connectivity index (χ0) is 14.7. The highest BCUT2D eigenvalue weighted by Crippen LogP contribution is 2.28. The van der Waals surface area contributed by atoms with Crippen molar-refractivity contribution < 1.29 is 0 Å². The first-order valence-electron chi connectivity index (χ1n) is 6.35. The number of para-hydroxylation sites is 1. The van der Waals surface area contributed by atoms with Crippen molar-refractivity contribution in [1.29, 1.82) is 0 Å². The number of hydrogen-bond donors (Lipinski definition) is 1. The summed E-state index contributed by atoms with van der Waals surface area (Å²) in [6, 6.07) is 9.71. The third-order valence-electron chi connectivity index (χ3n) is 3.00. The van der Waals surface area contributed by atoms with Crippen molar-refractivity contribution >= 4 is 33.2 Å². The summed E-state index contributed by atoms with van der Waals surface area (Å²) in [6.45, 7) is 0.620. The van der Waals surface area contributed by atoms with E-state index in [1.54, 1.807) is 18.7 Å². The van der Waals surface area contributed by atoms with Crippen LogP contribution in [0.1, 0.15) is 5.69 Å². The van der Waals surface area contributed by atoms with Crippen LogP contribution in [0.25, 0.3) is 5.69 Å². The number of imidazole rings is 1. The predicted molar refractivity (Wildman–Crippen MR) is 87.8 cm³/mol. The lowest BCUT2D eigenvalue weighted by molar-refractivity contribution is 1.01. The van der Waals surface area contributed by atoms with E-state index in [9.17, 15) is 0 Å². The number of halogens is 2. The Balaban J connectivity index is 1.86. The van der Waals surface area contributed by atoms with Crippen molar-refractivity contribution in [2.24, 2.45) is 0 Å². The Morgan fingerprint density at radius 2 is 2.14 bits per heavy atom. The maximum atomic E-state index is 6.31. The molecule has 0 unspecified atom stereocenters. The van der Waals surface area contributed by atoms with Crippen LogP contribution in [0.4, 0.5) is 5.69 Å². The molecule has 0 bridgehead atoms. The maximum Gasteiger partial charge on any atom is 0.0992 e. The van der Waals surface area contributed by atoms with Gasteiger partial charge in [-0.1, -0.05) is 17.7 Å². The van der Waals surface area contributed by atoms with Crippen molar-refractivity contribution in [3.63, 3.8) is 0 Å². The van der Waals surface area contributed by atoms with Gasteiger partial charge in [-0.3, -0.25) is 4.98 Å². The minimum atomic E-state index is 0.620. The Kier molecular flexibility index (Phi) is 4.22. The first-order chi connectivity index (χ1) is 10.2. The van der Waals surface area contributed by atoms with Gasteiger partial charge in [-0.05, 0) is 40.2 Å². The number of benzene rings is 1. The smallest absolute Gasteiger partial charge is 0.0992 e. The number of hydrogen-bond acceptors (Lipinski definition) is 3. The van der Waals surface area contributed by atoms with Gasteiger partial charge in [0, 0.05) is 23.1 Å². The summed E-state index contributed by atoms with van der Waals surface area (Å²) in [4.78, 5) is 8.41. The second-order valence-corrected chi connectivity index (χ2v) is 5.75. The second kappa shape index (κ2) is 6.28. The summed E-state index contributed by atoms with van der Waals surface area (Å²) in [5.74, 6) is 0. The maximum absolute atomic E-state index is 6.31. The van der Waals surface area contributed by atoms with Gasteiger partial charge in [0.15, 0.2) is 0 Å². The van der Waals surface area contributed by atoms with E-state index in [0.29, 0.717) is 11.6 Å². The Hall–Kier alpha value is -1.85. The first kappa shape index (κ1) is 14.1. The van der Waals surface area contributed by atoms with E-state index >= 15 is 0 Å². The molecule has 0 saturated carbocycles. The lowest BCUT2D eigenvalue weighted by Crippen LogP contribution is -2.05. The Bertz CT molecular complexity index is 726. The van der Waals surface area contributed by atoms with Gasteiger partial charge in [0.05, 0.1) is 35.0 Å². The van der Waals surface area contributed by atoms with Crippen LogP contribution < -0.4 is 5.32 Å². The molecule has 0 amide bonds. The topological polar surface area (TPSA) is 42.7 Å². The molecule has 0 aliphatic carbocycles. The Labute approximate surface area is 135 Å². The molecule has 106 valence electrons. The SMILES string of the molecule is Clc1cccc(NCc2ccc(Br)cn2)c1-n1ccnc1. The molecule has 21 heavy (non-hydrogen) atoms. The third-order valence-corrected chi connectivity index (χ3v) is 3.77. The van der Waals surface area contributed by atoms with Crippen molar-refractivity contribution in [2.75, 3.05) is 5.32 Å². The predicted octanol–water partition coefficient (Wildman–Crippen LogP) is 4.30. The van der Waals surface area contributed by atoms with E-state index in [2.05, 4.69) is 31.2 Å². The zero-order valence-corrected chi connectivity index (χ0v) is 13.3. The zero-order valence-electron chi connectivity index (χ0n) is 11.0. The van der Waals surface area contributed by atoms with Crippen LogP contribution in [0, 0.1) is 0 Å². The lowest BCUT2D eigenvalue weighted by Gasteiger charge is -2.14. The van der Waals surface area contributed by atoms with Crippen molar-refractivity contribution in [1.82, 2.24) is 14.5 Å². The van der Waals surface area contributed by atoms with Crippen LogP contribution in [0.3, 0.4) is 0 Å². The number of nitrogens with one attached hydrogen (secondary N) is 1. The first-order valence-corrected chi connectivity index (χ1v) is 7.52. The van der Waals surface area contributed by atoms with Crippen molar-refractivity contribution in [3.05, 3.63) is 70.4 Å². The van der Waals surface area contributed by atoms with E-state index < -0.39 is 0 Å². The lowest BCUT2D eigenvalue weighted by atomic mass is 10.2. The van der Waals surface area contributed by atoms with Crippen LogP contribution >= 0.6 is 27.5 Å². The largest absolute Gasteiger partial charge is 0.378 e. The van der Waals surface area contributed by atoms with Gasteiger partial charge in [0.1, 0.15) is 0 Å². The average Bonchev–Trinajstić information content (AvgIpc) is 3.00. The summed E-state index contributed by atoms with van der Waals surface area (Å²) in [5.41, 5.74) is 2.77. The molecule has 0 atom stereocenters. The van der Waals surface area contributed by atoms with Crippen LogP contribution in [0.5, 0.6) is 0 Å². The average molecular weight is 364 g/mol. The van der Waals surface area contributed by atoms with E-state index in [1.165, 1.54) is 0 Å². The minimum Gasteiger partial charge on any atom is -0.378 e. The third kappa shape index (κ3) is 3.25.